The fraction of sp³-hybridized carbons (Fsp3) is 0.714. The van der Waals surface area contributed by atoms with E-state index in [1.165, 1.54) is 0 Å². The third kappa shape index (κ3) is 2.58. The van der Waals surface area contributed by atoms with Crippen LogP contribution in [-0.2, 0) is 9.47 Å². The maximum Gasteiger partial charge on any atom is 0.168 e. The Hall–Kier alpha value is -1.20. The molecule has 5 nitrogen and oxygen atoms in total. The summed E-state index contributed by atoms with van der Waals surface area (Å²) >= 11 is 0. The number of aromatic nitrogens is 2. The molecule has 1 aliphatic carbocycles. The third-order valence-corrected chi connectivity index (χ3v) is 4.22. The summed E-state index contributed by atoms with van der Waals surface area (Å²) in [6.45, 7) is 3.43. The second-order valence-corrected chi connectivity index (χ2v) is 5.48. The van der Waals surface area contributed by atoms with Crippen LogP contribution in [0, 0.1) is 6.92 Å². The molecule has 1 saturated carbocycles. The Balaban J connectivity index is 1.63. The van der Waals surface area contributed by atoms with Crippen molar-refractivity contribution in [2.45, 2.75) is 44.4 Å². The molecule has 0 N–H and O–H groups in total. The van der Waals surface area contributed by atoms with E-state index in [1.54, 1.807) is 0 Å². The summed E-state index contributed by atoms with van der Waals surface area (Å²) in [7, 11) is 2.10. The first-order valence-electron chi connectivity index (χ1n) is 7.00. The fourth-order valence-electron chi connectivity index (χ4n) is 2.98. The first-order chi connectivity index (χ1) is 9.19. The van der Waals surface area contributed by atoms with Crippen LogP contribution in [0.5, 0.6) is 0 Å². The molecule has 0 radical (unpaired) electrons. The standard InChI is InChI=1S/C14H21N3O2/c1-11-3-4-13(16-15-11)17(2)12-5-7-14(8-6-12)18-9-10-19-14/h3-4,12H,5-10H2,1-2H3. The van der Waals surface area contributed by atoms with Crippen LogP contribution < -0.4 is 4.90 Å². The van der Waals surface area contributed by atoms with Crippen LogP contribution in [-0.4, -0.2) is 42.3 Å². The highest BCUT2D eigenvalue weighted by atomic mass is 16.7. The van der Waals surface area contributed by atoms with Crippen LogP contribution in [0.4, 0.5) is 5.82 Å². The van der Waals surface area contributed by atoms with Crippen molar-refractivity contribution in [2.75, 3.05) is 25.2 Å². The lowest BCUT2D eigenvalue weighted by Crippen LogP contribution is -2.43. The van der Waals surface area contributed by atoms with Crippen LogP contribution in [0.25, 0.3) is 0 Å². The largest absolute Gasteiger partial charge is 0.355 e. The number of hydrogen-bond acceptors (Lipinski definition) is 5. The lowest BCUT2D eigenvalue weighted by atomic mass is 9.89. The van der Waals surface area contributed by atoms with Crippen molar-refractivity contribution < 1.29 is 9.47 Å². The Morgan fingerprint density at radius 1 is 1.16 bits per heavy atom. The molecule has 5 heteroatoms. The normalized spacial score (nSPS) is 22.8. The molecule has 2 heterocycles. The van der Waals surface area contributed by atoms with Crippen molar-refractivity contribution in [3.05, 3.63) is 17.8 Å². The summed E-state index contributed by atoms with van der Waals surface area (Å²) in [6.07, 6.45) is 4.10. The van der Waals surface area contributed by atoms with Crippen LogP contribution >= 0.6 is 0 Å². The average Bonchev–Trinajstić information content (AvgIpc) is 2.88. The smallest absolute Gasteiger partial charge is 0.168 e. The van der Waals surface area contributed by atoms with E-state index in [0.29, 0.717) is 6.04 Å². The van der Waals surface area contributed by atoms with Crippen molar-refractivity contribution in [3.8, 4) is 0 Å². The molecule has 0 aromatic carbocycles. The molecule has 2 fully saturated rings. The molecule has 104 valence electrons. The highest BCUT2D eigenvalue weighted by molar-refractivity contribution is 5.37. The SMILES string of the molecule is Cc1ccc(N(C)C2CCC3(CC2)OCCO3)nn1. The summed E-state index contributed by atoms with van der Waals surface area (Å²) in [5.74, 6) is 0.663. The zero-order chi connectivity index (χ0) is 13.3. The Bertz CT molecular complexity index is 419. The van der Waals surface area contributed by atoms with Gasteiger partial charge < -0.3 is 14.4 Å². The van der Waals surface area contributed by atoms with E-state index >= 15 is 0 Å². The van der Waals surface area contributed by atoms with Gasteiger partial charge in [-0.3, -0.25) is 0 Å². The van der Waals surface area contributed by atoms with Crippen molar-refractivity contribution in [2.24, 2.45) is 0 Å². The van der Waals surface area contributed by atoms with Crippen molar-refractivity contribution in [1.82, 2.24) is 10.2 Å². The Labute approximate surface area is 113 Å². The molecule has 19 heavy (non-hydrogen) atoms. The van der Waals surface area contributed by atoms with Crippen LogP contribution in [0.1, 0.15) is 31.4 Å². The van der Waals surface area contributed by atoms with E-state index in [0.717, 1.165) is 50.4 Å². The van der Waals surface area contributed by atoms with Gasteiger partial charge in [-0.2, -0.15) is 5.10 Å². The molecule has 1 saturated heterocycles. The van der Waals surface area contributed by atoms with Gasteiger partial charge in [0.05, 0.1) is 18.9 Å². The number of nitrogens with zero attached hydrogens (tertiary/aromatic N) is 3. The first-order valence-corrected chi connectivity index (χ1v) is 7.00. The minimum Gasteiger partial charge on any atom is -0.355 e. The molecule has 1 aromatic rings. The zero-order valence-electron chi connectivity index (χ0n) is 11.6. The van der Waals surface area contributed by atoms with Crippen LogP contribution in [0.2, 0.25) is 0 Å². The summed E-state index contributed by atoms with van der Waals surface area (Å²) in [6, 6.07) is 4.54. The van der Waals surface area contributed by atoms with Crippen LogP contribution in [0.3, 0.4) is 0 Å². The first kappa shape index (κ1) is 12.8. The second-order valence-electron chi connectivity index (χ2n) is 5.48. The van der Waals surface area contributed by atoms with Gasteiger partial charge in [-0.05, 0) is 31.9 Å². The van der Waals surface area contributed by atoms with Gasteiger partial charge in [0, 0.05) is 25.9 Å². The van der Waals surface area contributed by atoms with Gasteiger partial charge in [-0.25, -0.2) is 0 Å². The second kappa shape index (κ2) is 5.06. The van der Waals surface area contributed by atoms with E-state index in [-0.39, 0.29) is 5.79 Å². The zero-order valence-corrected chi connectivity index (χ0v) is 11.6. The van der Waals surface area contributed by atoms with Crippen molar-refractivity contribution in [3.63, 3.8) is 0 Å². The fourth-order valence-corrected chi connectivity index (χ4v) is 2.98. The maximum atomic E-state index is 5.76. The van der Waals surface area contributed by atoms with Gasteiger partial charge in [-0.15, -0.1) is 5.10 Å². The quantitative estimate of drug-likeness (QED) is 0.815. The van der Waals surface area contributed by atoms with Gasteiger partial charge in [-0.1, -0.05) is 0 Å². The molecule has 0 amide bonds. The number of hydrogen-bond donors (Lipinski definition) is 0. The van der Waals surface area contributed by atoms with Crippen molar-refractivity contribution in [1.29, 1.82) is 0 Å². The van der Waals surface area contributed by atoms with Gasteiger partial charge in [0.15, 0.2) is 11.6 Å². The van der Waals surface area contributed by atoms with Crippen LogP contribution in [0.15, 0.2) is 12.1 Å². The minimum atomic E-state index is -0.281. The molecule has 3 rings (SSSR count). The van der Waals surface area contributed by atoms with Gasteiger partial charge in [0.1, 0.15) is 0 Å². The summed E-state index contributed by atoms with van der Waals surface area (Å²) in [4.78, 5) is 2.23. The molecule has 1 aliphatic heterocycles. The van der Waals surface area contributed by atoms with E-state index in [4.69, 9.17) is 9.47 Å². The van der Waals surface area contributed by atoms with E-state index in [2.05, 4.69) is 22.1 Å². The number of aryl methyl sites for hydroxylation is 1. The van der Waals surface area contributed by atoms with Gasteiger partial charge in [0.25, 0.3) is 0 Å². The predicted octanol–water partition coefficient (Wildman–Crippen LogP) is 1.91. The topological polar surface area (TPSA) is 47.5 Å². The average molecular weight is 263 g/mol. The predicted molar refractivity (Wildman–Crippen MR) is 72.1 cm³/mol. The Morgan fingerprint density at radius 3 is 2.42 bits per heavy atom. The molecule has 1 aromatic heterocycles. The minimum absolute atomic E-state index is 0.281. The molecule has 0 atom stereocenters. The summed E-state index contributed by atoms with van der Waals surface area (Å²) < 4.78 is 11.5. The lowest BCUT2D eigenvalue weighted by Gasteiger charge is -2.39. The summed E-state index contributed by atoms with van der Waals surface area (Å²) in [5, 5.41) is 8.38. The molecule has 2 aliphatic rings. The maximum absolute atomic E-state index is 5.76. The number of anilines is 1. The van der Waals surface area contributed by atoms with Crippen molar-refractivity contribution >= 4 is 5.82 Å². The summed E-state index contributed by atoms with van der Waals surface area (Å²) in [5.41, 5.74) is 0.951. The van der Waals surface area contributed by atoms with Gasteiger partial charge >= 0.3 is 0 Å². The molecular formula is C14H21N3O2. The Morgan fingerprint density at radius 2 is 1.84 bits per heavy atom. The highest BCUT2D eigenvalue weighted by Crippen LogP contribution is 2.37. The lowest BCUT2D eigenvalue weighted by molar-refractivity contribution is -0.178. The third-order valence-electron chi connectivity index (χ3n) is 4.22. The monoisotopic (exact) mass is 263 g/mol. The van der Waals surface area contributed by atoms with E-state index in [9.17, 15) is 0 Å². The Kier molecular flexibility index (Phi) is 3.41. The van der Waals surface area contributed by atoms with E-state index < -0.39 is 0 Å². The number of rotatable bonds is 2. The van der Waals surface area contributed by atoms with E-state index in [1.807, 2.05) is 19.1 Å². The van der Waals surface area contributed by atoms with Gasteiger partial charge in [0.2, 0.25) is 0 Å². The highest BCUT2D eigenvalue weighted by Gasteiger charge is 2.41. The molecule has 0 unspecified atom stereocenters. The molecule has 1 spiro atoms. The molecule has 0 bridgehead atoms. The number of ether oxygens (including phenoxy) is 2. The molecular weight excluding hydrogens is 242 g/mol.